The third-order valence-electron chi connectivity index (χ3n) is 3.97. The first-order valence-electron chi connectivity index (χ1n) is 8.70. The van der Waals surface area contributed by atoms with Crippen molar-refractivity contribution in [1.29, 1.82) is 0 Å². The smallest absolute Gasteiger partial charge is 0.354 e. The lowest BCUT2D eigenvalue weighted by Gasteiger charge is -2.16. The van der Waals surface area contributed by atoms with Crippen LogP contribution in [0.2, 0.25) is 5.02 Å². The molecule has 0 fully saturated rings. The molecule has 1 unspecified atom stereocenters. The van der Waals surface area contributed by atoms with Gasteiger partial charge in [0, 0.05) is 24.0 Å². The van der Waals surface area contributed by atoms with Gasteiger partial charge in [-0.15, -0.1) is 0 Å². The second kappa shape index (κ2) is 7.96. The van der Waals surface area contributed by atoms with Crippen molar-refractivity contribution < 1.29 is 24.8 Å². The summed E-state index contributed by atoms with van der Waals surface area (Å²) >= 11 is 6.12. The number of hydrogen-bond donors (Lipinski definition) is 1. The first-order valence-corrected chi connectivity index (χ1v) is 8.50. The Labute approximate surface area is 169 Å². The number of aryl methyl sites for hydroxylation is 2. The molecule has 0 aliphatic heterocycles. The molecule has 150 valence electrons. The first kappa shape index (κ1) is 19.0. The SMILES string of the molecule is [2H]C(Oc1cc(C)n(-c2cc(C(=O)O)ncc2C)c(=O)c1Cl)c1ncc(F)cc1F. The van der Waals surface area contributed by atoms with Gasteiger partial charge in [0.25, 0.3) is 5.56 Å². The van der Waals surface area contributed by atoms with Crippen LogP contribution in [-0.4, -0.2) is 25.6 Å². The lowest BCUT2D eigenvalue weighted by atomic mass is 10.2. The zero-order valence-electron chi connectivity index (χ0n) is 16.1. The number of carbonyl (C=O) groups is 1. The van der Waals surface area contributed by atoms with Gasteiger partial charge in [-0.3, -0.25) is 14.3 Å². The Morgan fingerprint density at radius 3 is 2.66 bits per heavy atom. The standard InChI is InChI=1S/C19H14ClF2N3O4/c1-9-6-23-13(19(27)28)5-15(9)25-10(2)3-16(17(20)18(25)26)29-8-14-12(22)4-11(21)7-24-14/h3-7H,8H2,1-2H3,(H,27,28)/i8D. The van der Waals surface area contributed by atoms with Gasteiger partial charge >= 0.3 is 5.97 Å². The van der Waals surface area contributed by atoms with Crippen LogP contribution in [0.15, 0.2) is 35.4 Å². The van der Waals surface area contributed by atoms with Crippen LogP contribution in [0, 0.1) is 25.5 Å². The topological polar surface area (TPSA) is 94.3 Å². The summed E-state index contributed by atoms with van der Waals surface area (Å²) in [6.07, 6.45) is 2.05. The van der Waals surface area contributed by atoms with E-state index in [1.807, 2.05) is 0 Å². The number of ether oxygens (including phenoxy) is 1. The lowest BCUT2D eigenvalue weighted by molar-refractivity contribution is 0.0690. The summed E-state index contributed by atoms with van der Waals surface area (Å²) in [6.45, 7) is 1.47. The van der Waals surface area contributed by atoms with Crippen LogP contribution in [0.5, 0.6) is 5.75 Å². The minimum Gasteiger partial charge on any atom is -0.485 e. The number of hydrogen-bond acceptors (Lipinski definition) is 5. The Balaban J connectivity index is 2.05. The molecule has 3 heterocycles. The summed E-state index contributed by atoms with van der Waals surface area (Å²) in [7, 11) is 0. The minimum atomic E-state index is -1.71. The first-order chi connectivity index (χ1) is 14.1. The highest BCUT2D eigenvalue weighted by molar-refractivity contribution is 6.31. The molecule has 3 aromatic rings. The number of aromatic carboxylic acids is 1. The second-order valence-corrected chi connectivity index (χ2v) is 6.40. The average Bonchev–Trinajstić information content (AvgIpc) is 2.67. The summed E-state index contributed by atoms with van der Waals surface area (Å²) in [6, 6.07) is 3.13. The number of carboxylic acid groups (broad SMARTS) is 1. The zero-order valence-corrected chi connectivity index (χ0v) is 15.9. The largest absolute Gasteiger partial charge is 0.485 e. The molecule has 10 heteroatoms. The van der Waals surface area contributed by atoms with Crippen LogP contribution < -0.4 is 10.3 Å². The molecular formula is C19H14ClF2N3O4. The average molecular weight is 423 g/mol. The highest BCUT2D eigenvalue weighted by Gasteiger charge is 2.18. The summed E-state index contributed by atoms with van der Waals surface area (Å²) in [4.78, 5) is 31.4. The quantitative estimate of drug-likeness (QED) is 0.676. The number of rotatable bonds is 5. The molecule has 0 radical (unpaired) electrons. The number of nitrogens with zero attached hydrogens (tertiary/aromatic N) is 3. The van der Waals surface area contributed by atoms with Crippen LogP contribution in [0.1, 0.15) is 28.8 Å². The van der Waals surface area contributed by atoms with E-state index < -0.39 is 40.5 Å². The van der Waals surface area contributed by atoms with E-state index in [2.05, 4.69) is 9.97 Å². The van der Waals surface area contributed by atoms with E-state index >= 15 is 0 Å². The number of pyridine rings is 3. The van der Waals surface area contributed by atoms with E-state index in [0.717, 1.165) is 6.20 Å². The Kier molecular flexibility index (Phi) is 5.22. The highest BCUT2D eigenvalue weighted by atomic mass is 35.5. The summed E-state index contributed by atoms with van der Waals surface area (Å²) in [5, 5.41) is 8.75. The van der Waals surface area contributed by atoms with Crippen LogP contribution in [-0.2, 0) is 6.58 Å². The maximum atomic E-state index is 13.8. The normalized spacial score (nSPS) is 12.4. The minimum absolute atomic E-state index is 0.203. The van der Waals surface area contributed by atoms with Gasteiger partial charge in [0.15, 0.2) is 5.82 Å². The van der Waals surface area contributed by atoms with Crippen molar-refractivity contribution in [2.24, 2.45) is 0 Å². The van der Waals surface area contributed by atoms with E-state index in [4.69, 9.17) is 22.8 Å². The molecule has 0 aromatic carbocycles. The fourth-order valence-electron chi connectivity index (χ4n) is 2.57. The van der Waals surface area contributed by atoms with Gasteiger partial charge in [-0.1, -0.05) is 11.6 Å². The van der Waals surface area contributed by atoms with Crippen molar-refractivity contribution in [3.8, 4) is 11.4 Å². The van der Waals surface area contributed by atoms with Gasteiger partial charge in [-0.05, 0) is 25.5 Å². The number of carboxylic acids is 1. The lowest BCUT2D eigenvalue weighted by Crippen LogP contribution is -2.23. The van der Waals surface area contributed by atoms with Crippen LogP contribution in [0.3, 0.4) is 0 Å². The molecule has 0 aliphatic rings. The van der Waals surface area contributed by atoms with Gasteiger partial charge in [0.05, 0.1) is 13.3 Å². The Bertz CT molecular complexity index is 1220. The third-order valence-corrected chi connectivity index (χ3v) is 4.32. The maximum absolute atomic E-state index is 13.8. The van der Waals surface area contributed by atoms with Gasteiger partial charge in [0.2, 0.25) is 0 Å². The van der Waals surface area contributed by atoms with Crippen LogP contribution in [0.25, 0.3) is 5.69 Å². The molecule has 0 spiro atoms. The number of halogens is 3. The Morgan fingerprint density at radius 2 is 2.00 bits per heavy atom. The van der Waals surface area contributed by atoms with Crippen LogP contribution in [0.4, 0.5) is 8.78 Å². The van der Waals surface area contributed by atoms with Crippen molar-refractivity contribution in [3.63, 3.8) is 0 Å². The maximum Gasteiger partial charge on any atom is 0.354 e. The van der Waals surface area contributed by atoms with Crippen molar-refractivity contribution in [1.82, 2.24) is 14.5 Å². The fraction of sp³-hybridized carbons (Fsp3) is 0.158. The number of aromatic nitrogens is 3. The van der Waals surface area contributed by atoms with E-state index in [-0.39, 0.29) is 17.1 Å². The molecule has 0 aliphatic carbocycles. The Hall–Kier alpha value is -3.33. The van der Waals surface area contributed by atoms with Crippen molar-refractivity contribution in [2.45, 2.75) is 20.4 Å². The molecule has 0 bridgehead atoms. The molecule has 0 saturated heterocycles. The monoisotopic (exact) mass is 422 g/mol. The molecule has 0 amide bonds. The molecular weight excluding hydrogens is 408 g/mol. The molecule has 3 aromatic heterocycles. The Morgan fingerprint density at radius 1 is 1.28 bits per heavy atom. The van der Waals surface area contributed by atoms with Crippen molar-refractivity contribution >= 4 is 17.6 Å². The molecule has 3 rings (SSSR count). The summed E-state index contributed by atoms with van der Waals surface area (Å²) in [5.74, 6) is -3.46. The summed E-state index contributed by atoms with van der Waals surface area (Å²) in [5.41, 5.74) is -0.396. The van der Waals surface area contributed by atoms with E-state index in [0.29, 0.717) is 17.3 Å². The highest BCUT2D eigenvalue weighted by Crippen LogP contribution is 2.25. The van der Waals surface area contributed by atoms with Gasteiger partial charge < -0.3 is 9.84 Å². The molecule has 29 heavy (non-hydrogen) atoms. The van der Waals surface area contributed by atoms with E-state index in [1.54, 1.807) is 13.8 Å². The van der Waals surface area contributed by atoms with Crippen LogP contribution >= 0.6 is 11.6 Å². The van der Waals surface area contributed by atoms with Crippen molar-refractivity contribution in [2.75, 3.05) is 0 Å². The van der Waals surface area contributed by atoms with Crippen molar-refractivity contribution in [3.05, 3.63) is 80.2 Å². The molecule has 7 nitrogen and oxygen atoms in total. The van der Waals surface area contributed by atoms with E-state index in [9.17, 15) is 18.4 Å². The fourth-order valence-corrected chi connectivity index (χ4v) is 2.75. The van der Waals surface area contributed by atoms with Gasteiger partial charge in [0.1, 0.15) is 34.6 Å². The second-order valence-electron chi connectivity index (χ2n) is 6.02. The third kappa shape index (κ3) is 4.09. The predicted octanol–water partition coefficient (Wildman–Crippen LogP) is 3.45. The molecule has 0 saturated carbocycles. The van der Waals surface area contributed by atoms with Gasteiger partial charge in [-0.25, -0.2) is 18.6 Å². The van der Waals surface area contributed by atoms with Gasteiger partial charge in [-0.2, -0.15) is 0 Å². The molecule has 1 N–H and O–H groups in total. The zero-order chi connectivity index (χ0) is 22.2. The predicted molar refractivity (Wildman–Crippen MR) is 99.8 cm³/mol. The van der Waals surface area contributed by atoms with E-state index in [1.165, 1.54) is 22.9 Å². The molecule has 1 atom stereocenters. The summed E-state index contributed by atoms with van der Waals surface area (Å²) < 4.78 is 41.3.